The lowest BCUT2D eigenvalue weighted by molar-refractivity contribution is -0.145. The number of alkyl halides is 3. The molecule has 1 N–H and O–H groups in total. The van der Waals surface area contributed by atoms with Gasteiger partial charge in [-0.2, -0.15) is 13.2 Å². The molecule has 4 nitrogen and oxygen atoms in total. The van der Waals surface area contributed by atoms with Crippen LogP contribution in [0.4, 0.5) is 13.2 Å². The van der Waals surface area contributed by atoms with Crippen molar-refractivity contribution in [2.75, 3.05) is 0 Å². The summed E-state index contributed by atoms with van der Waals surface area (Å²) >= 11 is 0. The van der Waals surface area contributed by atoms with Gasteiger partial charge in [0.15, 0.2) is 0 Å². The Morgan fingerprint density at radius 3 is 2.11 bits per heavy atom. The summed E-state index contributed by atoms with van der Waals surface area (Å²) in [6, 6.07) is -0.401. The molecule has 0 bridgehead atoms. The lowest BCUT2D eigenvalue weighted by atomic mass is 10.2. The zero-order valence-corrected chi connectivity index (χ0v) is 11.9. The Morgan fingerprint density at radius 2 is 1.74 bits per heavy atom. The van der Waals surface area contributed by atoms with Crippen molar-refractivity contribution in [1.82, 2.24) is 14.7 Å². The molecule has 0 spiro atoms. The van der Waals surface area contributed by atoms with Crippen LogP contribution in [0.15, 0.2) is 12.4 Å². The topological polar surface area (TPSA) is 54.9 Å². The molecule has 0 unspecified atom stereocenters. The van der Waals surface area contributed by atoms with Crippen LogP contribution in [-0.4, -0.2) is 18.9 Å². The van der Waals surface area contributed by atoms with E-state index in [0.717, 1.165) is 12.4 Å². The predicted octanol–water partition coefficient (Wildman–Crippen LogP) is 2.85. The molecule has 0 saturated carbocycles. The van der Waals surface area contributed by atoms with Gasteiger partial charge in [0.25, 0.3) is 0 Å². The molecule has 0 fully saturated rings. The van der Waals surface area contributed by atoms with E-state index < -0.39 is 33.8 Å². The summed E-state index contributed by atoms with van der Waals surface area (Å²) < 4.78 is 51.1. The minimum absolute atomic E-state index is 0. The summed E-state index contributed by atoms with van der Waals surface area (Å²) in [5.74, 6) is -1.18. The first-order chi connectivity index (χ1) is 8.51. The Morgan fingerprint density at radius 1 is 1.26 bits per heavy atom. The number of nitrogens with one attached hydrogen (secondary N) is 1. The van der Waals surface area contributed by atoms with Crippen LogP contribution in [-0.2, 0) is 17.2 Å². The lowest BCUT2D eigenvalue weighted by Gasteiger charge is -2.21. The van der Waals surface area contributed by atoms with E-state index in [1.165, 1.54) is 0 Å². The van der Waals surface area contributed by atoms with E-state index in [1.54, 1.807) is 27.7 Å². The molecule has 0 aliphatic carbocycles. The van der Waals surface area contributed by atoms with Crippen LogP contribution in [0.1, 0.15) is 46.6 Å². The molecular formula is C11H18F3N3OS. The van der Waals surface area contributed by atoms with Gasteiger partial charge in [-0.05, 0) is 27.7 Å². The molecule has 8 heteroatoms. The Kier molecular flexibility index (Phi) is 4.67. The fraction of sp³-hybridized carbons (Fsp3) is 0.636. The van der Waals surface area contributed by atoms with Gasteiger partial charge in [0.1, 0.15) is 0 Å². The van der Waals surface area contributed by atoms with Crippen molar-refractivity contribution in [2.24, 2.45) is 0 Å². The van der Waals surface area contributed by atoms with Crippen molar-refractivity contribution in [3.63, 3.8) is 0 Å². The molecular weight excluding hydrogens is 279 g/mol. The second kappa shape index (κ2) is 5.54. The molecule has 1 aromatic heterocycles. The minimum Gasteiger partial charge on any atom is -0.242 e. The summed E-state index contributed by atoms with van der Waals surface area (Å²) in [5, 5.41) is 0. The molecule has 0 aliphatic rings. The lowest BCUT2D eigenvalue weighted by Crippen LogP contribution is -2.34. The number of halogens is 3. The molecule has 1 rings (SSSR count). The fourth-order valence-corrected chi connectivity index (χ4v) is 1.92. The first-order valence-electron chi connectivity index (χ1n) is 5.59. The molecule has 19 heavy (non-hydrogen) atoms. The monoisotopic (exact) mass is 297 g/mol. The highest BCUT2D eigenvalue weighted by Crippen LogP contribution is 2.26. The van der Waals surface area contributed by atoms with Crippen molar-refractivity contribution < 1.29 is 18.8 Å². The zero-order valence-electron chi connectivity index (χ0n) is 11.1. The molecule has 0 saturated heterocycles. The van der Waals surface area contributed by atoms with Crippen molar-refractivity contribution >= 4 is 11.0 Å². The Labute approximate surface area is 113 Å². The average Bonchev–Trinajstić information content (AvgIpc) is 2.26. The SMILES string of the molecule is C[C@H](N[S@](=O)C(C)(C)C)c1cnc(C(F)(F)F)nc1.[HH]. The standard InChI is InChI=1S/C11H16F3N3OS.H2/c1-7(17-19(18)10(2,3)4)8-5-15-9(16-6-8)11(12,13)14;/h5-7,17H,1-4H3;1H/t7-,19+;/m0./s1. The van der Waals surface area contributed by atoms with Crippen molar-refractivity contribution in [1.29, 1.82) is 0 Å². The summed E-state index contributed by atoms with van der Waals surface area (Å²) in [6.07, 6.45) is -2.37. The van der Waals surface area contributed by atoms with Crippen LogP contribution in [0.5, 0.6) is 0 Å². The van der Waals surface area contributed by atoms with E-state index in [4.69, 9.17) is 0 Å². The first-order valence-corrected chi connectivity index (χ1v) is 6.74. The number of rotatable bonds is 3. The molecule has 110 valence electrons. The van der Waals surface area contributed by atoms with Crippen molar-refractivity contribution in [3.8, 4) is 0 Å². The molecule has 0 amide bonds. The van der Waals surface area contributed by atoms with E-state index in [1.807, 2.05) is 0 Å². The van der Waals surface area contributed by atoms with E-state index >= 15 is 0 Å². The third kappa shape index (κ3) is 4.54. The summed E-state index contributed by atoms with van der Waals surface area (Å²) in [7, 11) is -1.32. The highest BCUT2D eigenvalue weighted by molar-refractivity contribution is 7.84. The van der Waals surface area contributed by atoms with Gasteiger partial charge < -0.3 is 0 Å². The van der Waals surface area contributed by atoms with Crippen LogP contribution < -0.4 is 4.72 Å². The zero-order chi connectivity index (χ0) is 14.8. The highest BCUT2D eigenvalue weighted by Gasteiger charge is 2.34. The summed E-state index contributed by atoms with van der Waals surface area (Å²) in [5.41, 5.74) is 0.450. The quantitative estimate of drug-likeness (QED) is 0.933. The van der Waals surface area contributed by atoms with Crippen LogP contribution in [0.3, 0.4) is 0 Å². The maximum Gasteiger partial charge on any atom is 0.451 e. The Bertz CT molecular complexity index is 459. The van der Waals surface area contributed by atoms with E-state index in [0.29, 0.717) is 5.56 Å². The van der Waals surface area contributed by atoms with Gasteiger partial charge in [0.05, 0.1) is 15.7 Å². The third-order valence-corrected chi connectivity index (χ3v) is 3.95. The normalized spacial score (nSPS) is 16.2. The average molecular weight is 297 g/mol. The van der Waals surface area contributed by atoms with Gasteiger partial charge in [0.2, 0.25) is 5.82 Å². The predicted molar refractivity (Wildman–Crippen MR) is 68.6 cm³/mol. The number of hydrogen-bond donors (Lipinski definition) is 1. The second-order valence-corrected chi connectivity index (χ2v) is 7.06. The Hall–Kier alpha value is -1.02. The van der Waals surface area contributed by atoms with Gasteiger partial charge in [0, 0.05) is 25.4 Å². The van der Waals surface area contributed by atoms with Crippen molar-refractivity contribution in [3.05, 3.63) is 23.8 Å². The molecule has 0 aromatic carbocycles. The van der Waals surface area contributed by atoms with Crippen LogP contribution >= 0.6 is 0 Å². The van der Waals surface area contributed by atoms with E-state index in [2.05, 4.69) is 14.7 Å². The minimum atomic E-state index is -4.55. The molecule has 2 atom stereocenters. The molecule has 1 heterocycles. The number of aromatic nitrogens is 2. The smallest absolute Gasteiger partial charge is 0.242 e. The van der Waals surface area contributed by atoms with Crippen LogP contribution in [0.2, 0.25) is 0 Å². The van der Waals surface area contributed by atoms with Crippen LogP contribution in [0.25, 0.3) is 0 Å². The van der Waals surface area contributed by atoms with Gasteiger partial charge >= 0.3 is 6.18 Å². The molecule has 0 aliphatic heterocycles. The number of hydrogen-bond acceptors (Lipinski definition) is 3. The maximum absolute atomic E-state index is 12.3. The largest absolute Gasteiger partial charge is 0.451 e. The van der Waals surface area contributed by atoms with Crippen molar-refractivity contribution in [2.45, 2.75) is 44.7 Å². The Balaban J connectivity index is 0.00000361. The first kappa shape index (κ1) is 16.0. The molecule has 1 aromatic rings. The summed E-state index contributed by atoms with van der Waals surface area (Å²) in [4.78, 5) is 6.53. The maximum atomic E-state index is 12.3. The van der Waals surface area contributed by atoms with E-state index in [-0.39, 0.29) is 1.43 Å². The number of nitrogens with zero attached hydrogens (tertiary/aromatic N) is 2. The third-order valence-electron chi connectivity index (χ3n) is 2.27. The van der Waals surface area contributed by atoms with Gasteiger partial charge in [-0.1, -0.05) is 0 Å². The van der Waals surface area contributed by atoms with Crippen LogP contribution in [0, 0.1) is 0 Å². The molecule has 0 radical (unpaired) electrons. The van der Waals surface area contributed by atoms with Gasteiger partial charge in [-0.25, -0.2) is 18.9 Å². The van der Waals surface area contributed by atoms with Gasteiger partial charge in [-0.3, -0.25) is 0 Å². The fourth-order valence-electron chi connectivity index (χ4n) is 1.11. The second-order valence-electron chi connectivity index (χ2n) is 5.06. The van der Waals surface area contributed by atoms with Gasteiger partial charge in [-0.15, -0.1) is 0 Å². The summed E-state index contributed by atoms with van der Waals surface area (Å²) in [6.45, 7) is 7.08. The van der Waals surface area contributed by atoms with E-state index in [9.17, 15) is 17.4 Å². The highest BCUT2D eigenvalue weighted by atomic mass is 32.2.